The van der Waals surface area contributed by atoms with Crippen molar-refractivity contribution < 1.29 is 4.74 Å². The van der Waals surface area contributed by atoms with Crippen molar-refractivity contribution in [1.29, 1.82) is 0 Å². The van der Waals surface area contributed by atoms with E-state index < -0.39 is 0 Å². The Morgan fingerprint density at radius 2 is 2.23 bits per heavy atom. The fourth-order valence-corrected chi connectivity index (χ4v) is 1.68. The lowest BCUT2D eigenvalue weighted by molar-refractivity contribution is 0.185. The Hall–Kier alpha value is 0.210. The smallest absolute Gasteiger partial charge is 0.0488 e. The molecular weight excluding hydrogens is 186 g/mol. The van der Waals surface area contributed by atoms with Crippen LogP contribution in [-0.2, 0) is 4.74 Å². The highest BCUT2D eigenvalue weighted by Crippen LogP contribution is 2.35. The van der Waals surface area contributed by atoms with E-state index in [0.29, 0.717) is 11.4 Å². The normalized spacial score (nSPS) is 21.5. The first-order valence-corrected chi connectivity index (χ1v) is 5.54. The molecule has 78 valence electrons. The SMILES string of the molecule is COCCC(C)NCC(Cl)C1CC1. The molecule has 1 saturated carbocycles. The molecule has 0 amide bonds. The number of halogens is 1. The average Bonchev–Trinajstić information content (AvgIpc) is 2.93. The molecule has 1 aliphatic rings. The number of alkyl halides is 1. The van der Waals surface area contributed by atoms with Crippen molar-refractivity contribution in [3.8, 4) is 0 Å². The molecule has 1 rings (SSSR count). The molecule has 3 heteroatoms. The molecule has 0 aliphatic heterocycles. The highest BCUT2D eigenvalue weighted by atomic mass is 35.5. The third-order valence-corrected chi connectivity index (χ3v) is 3.06. The van der Waals surface area contributed by atoms with E-state index in [-0.39, 0.29) is 0 Å². The lowest BCUT2D eigenvalue weighted by Gasteiger charge is -2.15. The molecule has 0 aromatic rings. The maximum absolute atomic E-state index is 6.16. The Balaban J connectivity index is 1.96. The van der Waals surface area contributed by atoms with Gasteiger partial charge in [0, 0.05) is 31.7 Å². The maximum Gasteiger partial charge on any atom is 0.0488 e. The molecule has 0 spiro atoms. The van der Waals surface area contributed by atoms with Crippen molar-refractivity contribution in [1.82, 2.24) is 5.32 Å². The molecular formula is C10H20ClNO. The minimum absolute atomic E-state index is 0.338. The van der Waals surface area contributed by atoms with Crippen LogP contribution in [0, 0.1) is 5.92 Å². The molecule has 1 fully saturated rings. The number of methoxy groups -OCH3 is 1. The Labute approximate surface area is 86.0 Å². The summed E-state index contributed by atoms with van der Waals surface area (Å²) < 4.78 is 5.01. The van der Waals surface area contributed by atoms with Crippen molar-refractivity contribution in [2.45, 2.75) is 37.6 Å². The topological polar surface area (TPSA) is 21.3 Å². The van der Waals surface area contributed by atoms with Gasteiger partial charge in [-0.05, 0) is 32.1 Å². The fraction of sp³-hybridized carbons (Fsp3) is 1.00. The Bertz CT molecular complexity index is 139. The van der Waals surface area contributed by atoms with E-state index >= 15 is 0 Å². The van der Waals surface area contributed by atoms with Crippen LogP contribution in [0.1, 0.15) is 26.2 Å². The summed E-state index contributed by atoms with van der Waals surface area (Å²) in [4.78, 5) is 0. The minimum Gasteiger partial charge on any atom is -0.385 e. The molecule has 2 unspecified atom stereocenters. The van der Waals surface area contributed by atoms with E-state index in [4.69, 9.17) is 16.3 Å². The highest BCUT2D eigenvalue weighted by Gasteiger charge is 2.29. The summed E-state index contributed by atoms with van der Waals surface area (Å²) in [6.45, 7) is 3.94. The van der Waals surface area contributed by atoms with Crippen LogP contribution in [0.2, 0.25) is 0 Å². The summed E-state index contributed by atoms with van der Waals surface area (Å²) in [5.41, 5.74) is 0. The molecule has 0 aromatic carbocycles. The lowest BCUT2D eigenvalue weighted by atomic mass is 10.2. The van der Waals surface area contributed by atoms with Crippen LogP contribution in [0.25, 0.3) is 0 Å². The summed E-state index contributed by atoms with van der Waals surface area (Å²) in [7, 11) is 1.74. The van der Waals surface area contributed by atoms with E-state index in [1.165, 1.54) is 12.8 Å². The van der Waals surface area contributed by atoms with E-state index in [0.717, 1.165) is 25.5 Å². The quantitative estimate of drug-likeness (QED) is 0.643. The summed E-state index contributed by atoms with van der Waals surface area (Å²) in [5, 5.41) is 3.76. The number of ether oxygens (including phenoxy) is 1. The van der Waals surface area contributed by atoms with E-state index in [2.05, 4.69) is 12.2 Å². The number of rotatable bonds is 7. The molecule has 2 nitrogen and oxygen atoms in total. The molecule has 0 bridgehead atoms. The summed E-state index contributed by atoms with van der Waals surface area (Å²) >= 11 is 6.16. The molecule has 0 aromatic heterocycles. The van der Waals surface area contributed by atoms with Gasteiger partial charge < -0.3 is 10.1 Å². The van der Waals surface area contributed by atoms with Crippen LogP contribution in [0.5, 0.6) is 0 Å². The van der Waals surface area contributed by atoms with E-state index in [1.807, 2.05) is 0 Å². The van der Waals surface area contributed by atoms with Crippen molar-refractivity contribution in [2.75, 3.05) is 20.3 Å². The van der Waals surface area contributed by atoms with Crippen LogP contribution in [-0.4, -0.2) is 31.7 Å². The van der Waals surface area contributed by atoms with Gasteiger partial charge in [0.25, 0.3) is 0 Å². The molecule has 0 heterocycles. The largest absolute Gasteiger partial charge is 0.385 e. The van der Waals surface area contributed by atoms with E-state index in [9.17, 15) is 0 Å². The Morgan fingerprint density at radius 1 is 1.54 bits per heavy atom. The second-order valence-corrected chi connectivity index (χ2v) is 4.50. The number of hydrogen-bond acceptors (Lipinski definition) is 2. The van der Waals surface area contributed by atoms with Crippen LogP contribution >= 0.6 is 11.6 Å². The monoisotopic (exact) mass is 205 g/mol. The zero-order chi connectivity index (χ0) is 9.68. The first-order valence-electron chi connectivity index (χ1n) is 5.10. The second kappa shape index (κ2) is 5.84. The third-order valence-electron chi connectivity index (χ3n) is 2.55. The van der Waals surface area contributed by atoms with Crippen LogP contribution in [0.15, 0.2) is 0 Å². The summed E-state index contributed by atoms with van der Waals surface area (Å²) in [6.07, 6.45) is 3.70. The van der Waals surface area contributed by atoms with Gasteiger partial charge in [0.2, 0.25) is 0 Å². The lowest BCUT2D eigenvalue weighted by Crippen LogP contribution is -2.33. The standard InChI is InChI=1S/C10H20ClNO/c1-8(5-6-13-2)12-7-10(11)9-3-4-9/h8-10,12H,3-7H2,1-2H3. The van der Waals surface area contributed by atoms with Gasteiger partial charge in [-0.1, -0.05) is 0 Å². The molecule has 2 atom stereocenters. The predicted molar refractivity (Wildman–Crippen MR) is 56.3 cm³/mol. The minimum atomic E-state index is 0.338. The molecule has 0 radical (unpaired) electrons. The van der Waals surface area contributed by atoms with Gasteiger partial charge in [0.1, 0.15) is 0 Å². The predicted octanol–water partition coefficient (Wildman–Crippen LogP) is 2.02. The van der Waals surface area contributed by atoms with Gasteiger partial charge in [0.05, 0.1) is 0 Å². The van der Waals surface area contributed by atoms with Gasteiger partial charge in [-0.3, -0.25) is 0 Å². The molecule has 13 heavy (non-hydrogen) atoms. The number of hydrogen-bond donors (Lipinski definition) is 1. The number of nitrogens with one attached hydrogen (secondary N) is 1. The van der Waals surface area contributed by atoms with Gasteiger partial charge in [-0.15, -0.1) is 11.6 Å². The molecule has 1 N–H and O–H groups in total. The first-order chi connectivity index (χ1) is 6.24. The Morgan fingerprint density at radius 3 is 2.77 bits per heavy atom. The Kier molecular flexibility index (Phi) is 5.07. The average molecular weight is 206 g/mol. The van der Waals surface area contributed by atoms with E-state index in [1.54, 1.807) is 7.11 Å². The second-order valence-electron chi connectivity index (χ2n) is 3.94. The molecule has 0 saturated heterocycles. The highest BCUT2D eigenvalue weighted by molar-refractivity contribution is 6.21. The molecule has 1 aliphatic carbocycles. The zero-order valence-corrected chi connectivity index (χ0v) is 9.31. The van der Waals surface area contributed by atoms with Crippen molar-refractivity contribution in [3.05, 3.63) is 0 Å². The van der Waals surface area contributed by atoms with Crippen LogP contribution in [0.3, 0.4) is 0 Å². The summed E-state index contributed by atoms with van der Waals surface area (Å²) in [6, 6.07) is 0.514. The van der Waals surface area contributed by atoms with Gasteiger partial charge >= 0.3 is 0 Å². The summed E-state index contributed by atoms with van der Waals surface area (Å²) in [5.74, 6) is 0.781. The first kappa shape index (κ1) is 11.3. The van der Waals surface area contributed by atoms with Crippen molar-refractivity contribution >= 4 is 11.6 Å². The van der Waals surface area contributed by atoms with Crippen molar-refractivity contribution in [2.24, 2.45) is 5.92 Å². The van der Waals surface area contributed by atoms with Gasteiger partial charge in [-0.25, -0.2) is 0 Å². The zero-order valence-electron chi connectivity index (χ0n) is 8.55. The van der Waals surface area contributed by atoms with Gasteiger partial charge in [-0.2, -0.15) is 0 Å². The van der Waals surface area contributed by atoms with Crippen molar-refractivity contribution in [3.63, 3.8) is 0 Å². The van der Waals surface area contributed by atoms with Crippen LogP contribution < -0.4 is 5.32 Å². The van der Waals surface area contributed by atoms with Crippen LogP contribution in [0.4, 0.5) is 0 Å². The third kappa shape index (κ3) is 4.84. The fourth-order valence-electron chi connectivity index (χ4n) is 1.34. The van der Waals surface area contributed by atoms with Gasteiger partial charge in [0.15, 0.2) is 0 Å². The maximum atomic E-state index is 6.16.